The fraction of sp³-hybridized carbons (Fsp3) is 0.944. The smallest absolute Gasteiger partial charge is 0.410 e. The van der Waals surface area contributed by atoms with E-state index in [1.54, 1.807) is 4.90 Å². The number of hydrogen-bond donors (Lipinski definition) is 0. The highest BCUT2D eigenvalue weighted by atomic mass is 16.6. The van der Waals surface area contributed by atoms with E-state index in [2.05, 4.69) is 20.8 Å². The van der Waals surface area contributed by atoms with Crippen LogP contribution in [0.25, 0.3) is 0 Å². The van der Waals surface area contributed by atoms with Gasteiger partial charge in [0.15, 0.2) is 0 Å². The van der Waals surface area contributed by atoms with E-state index in [4.69, 9.17) is 14.2 Å². The van der Waals surface area contributed by atoms with Crippen molar-refractivity contribution in [2.24, 2.45) is 0 Å². The Balaban J connectivity index is 1.75. The summed E-state index contributed by atoms with van der Waals surface area (Å²) in [5.74, 6) is 0. The topological polar surface area (TPSA) is 48.0 Å². The van der Waals surface area contributed by atoms with Crippen LogP contribution in [0, 0.1) is 0 Å². The van der Waals surface area contributed by atoms with E-state index in [0.717, 1.165) is 25.7 Å². The predicted octanol–water partition coefficient (Wildman–Crippen LogP) is 3.75. The molecule has 2 fully saturated rings. The van der Waals surface area contributed by atoms with Crippen LogP contribution in [0.2, 0.25) is 0 Å². The van der Waals surface area contributed by atoms with Crippen LogP contribution in [0.1, 0.15) is 67.2 Å². The first kappa shape index (κ1) is 18.5. The summed E-state index contributed by atoms with van der Waals surface area (Å²) in [4.78, 5) is 13.9. The number of rotatable bonds is 3. The molecule has 0 radical (unpaired) electrons. The molecular weight excluding hydrogens is 294 g/mol. The Morgan fingerprint density at radius 3 is 2.26 bits per heavy atom. The third-order valence-electron chi connectivity index (χ3n) is 4.64. The van der Waals surface area contributed by atoms with Gasteiger partial charge in [0, 0.05) is 13.1 Å². The van der Waals surface area contributed by atoms with Crippen molar-refractivity contribution in [3.63, 3.8) is 0 Å². The maximum absolute atomic E-state index is 12.1. The normalized spacial score (nSPS) is 27.0. The van der Waals surface area contributed by atoms with Crippen molar-refractivity contribution in [1.82, 2.24) is 4.90 Å². The van der Waals surface area contributed by atoms with Crippen LogP contribution in [0.4, 0.5) is 4.79 Å². The van der Waals surface area contributed by atoms with Crippen molar-refractivity contribution in [2.45, 2.75) is 90.1 Å². The van der Waals surface area contributed by atoms with Crippen LogP contribution in [0.3, 0.4) is 0 Å². The lowest BCUT2D eigenvalue weighted by molar-refractivity contribution is -0.119. The summed E-state index contributed by atoms with van der Waals surface area (Å²) >= 11 is 0. The number of carbonyl (C=O) groups excluding carboxylic acids is 1. The molecule has 0 aromatic rings. The highest BCUT2D eigenvalue weighted by molar-refractivity contribution is 5.68. The van der Waals surface area contributed by atoms with Gasteiger partial charge >= 0.3 is 6.09 Å². The summed E-state index contributed by atoms with van der Waals surface area (Å²) in [6.07, 6.45) is 3.80. The molecule has 0 bridgehead atoms. The molecule has 5 nitrogen and oxygen atoms in total. The van der Waals surface area contributed by atoms with E-state index in [1.807, 2.05) is 20.8 Å². The van der Waals surface area contributed by atoms with Gasteiger partial charge in [0.1, 0.15) is 5.60 Å². The Morgan fingerprint density at radius 1 is 1.17 bits per heavy atom. The molecular formula is C18H33NO4. The molecule has 0 aromatic carbocycles. The van der Waals surface area contributed by atoms with Gasteiger partial charge in [0.2, 0.25) is 0 Å². The van der Waals surface area contributed by atoms with Gasteiger partial charge in [-0.3, -0.25) is 0 Å². The van der Waals surface area contributed by atoms with Crippen LogP contribution >= 0.6 is 0 Å². The van der Waals surface area contributed by atoms with Crippen LogP contribution in [0.5, 0.6) is 0 Å². The van der Waals surface area contributed by atoms with Gasteiger partial charge in [-0.15, -0.1) is 0 Å². The van der Waals surface area contributed by atoms with Gasteiger partial charge in [-0.25, -0.2) is 4.79 Å². The minimum Gasteiger partial charge on any atom is -0.444 e. The van der Waals surface area contributed by atoms with Gasteiger partial charge in [-0.2, -0.15) is 0 Å². The molecule has 1 amide bonds. The SMILES string of the molecule is CC(C)(C)OC(=O)N1CCC(C)(OCC2CCC(C)(C)O2)CC1. The lowest BCUT2D eigenvalue weighted by Gasteiger charge is -2.40. The molecule has 134 valence electrons. The van der Waals surface area contributed by atoms with E-state index in [1.165, 1.54) is 0 Å². The maximum Gasteiger partial charge on any atom is 0.410 e. The minimum atomic E-state index is -0.444. The Labute approximate surface area is 140 Å². The van der Waals surface area contributed by atoms with Gasteiger partial charge < -0.3 is 19.1 Å². The molecule has 2 saturated heterocycles. The van der Waals surface area contributed by atoms with Crippen molar-refractivity contribution >= 4 is 6.09 Å². The van der Waals surface area contributed by atoms with Crippen molar-refractivity contribution < 1.29 is 19.0 Å². The Kier molecular flexibility index (Phi) is 5.31. The van der Waals surface area contributed by atoms with E-state index in [9.17, 15) is 4.79 Å². The third kappa shape index (κ3) is 5.64. The standard InChI is InChI=1S/C18H33NO4/c1-16(2,3)23-15(20)19-11-9-18(6,10-12-19)21-13-14-7-8-17(4,5)22-14/h14H,7-13H2,1-6H3. The fourth-order valence-corrected chi connectivity index (χ4v) is 3.12. The summed E-state index contributed by atoms with van der Waals surface area (Å²) in [7, 11) is 0. The predicted molar refractivity (Wildman–Crippen MR) is 89.6 cm³/mol. The number of nitrogens with zero attached hydrogens (tertiary/aromatic N) is 1. The molecule has 2 aliphatic heterocycles. The quantitative estimate of drug-likeness (QED) is 0.792. The Morgan fingerprint density at radius 2 is 1.78 bits per heavy atom. The largest absolute Gasteiger partial charge is 0.444 e. The highest BCUT2D eigenvalue weighted by Gasteiger charge is 2.37. The molecule has 2 heterocycles. The second-order valence-corrected chi connectivity index (χ2v) is 8.77. The number of likely N-dealkylation sites (tertiary alicyclic amines) is 1. The first-order valence-corrected chi connectivity index (χ1v) is 8.78. The summed E-state index contributed by atoms with van der Waals surface area (Å²) in [5.41, 5.74) is -0.634. The fourth-order valence-electron chi connectivity index (χ4n) is 3.12. The molecule has 0 aliphatic carbocycles. The van der Waals surface area contributed by atoms with Gasteiger partial charge in [0.05, 0.1) is 23.9 Å². The highest BCUT2D eigenvalue weighted by Crippen LogP contribution is 2.32. The molecule has 0 saturated carbocycles. The van der Waals surface area contributed by atoms with E-state index in [0.29, 0.717) is 19.7 Å². The van der Waals surface area contributed by atoms with Crippen molar-refractivity contribution in [3.8, 4) is 0 Å². The molecule has 2 rings (SSSR count). The zero-order valence-electron chi connectivity index (χ0n) is 15.6. The first-order valence-electron chi connectivity index (χ1n) is 8.78. The van der Waals surface area contributed by atoms with Crippen LogP contribution < -0.4 is 0 Å². The summed E-state index contributed by atoms with van der Waals surface area (Å²) in [6.45, 7) is 14.1. The lowest BCUT2D eigenvalue weighted by Crippen LogP contribution is -2.48. The van der Waals surface area contributed by atoms with E-state index >= 15 is 0 Å². The minimum absolute atomic E-state index is 0.0188. The van der Waals surface area contributed by atoms with Crippen LogP contribution in [-0.4, -0.2) is 53.6 Å². The van der Waals surface area contributed by atoms with Crippen LogP contribution in [0.15, 0.2) is 0 Å². The second-order valence-electron chi connectivity index (χ2n) is 8.77. The molecule has 1 atom stereocenters. The molecule has 0 spiro atoms. The Bertz CT molecular complexity index is 419. The molecule has 0 N–H and O–H groups in total. The second kappa shape index (κ2) is 6.60. The van der Waals surface area contributed by atoms with Gasteiger partial charge in [-0.05, 0) is 67.2 Å². The number of piperidine rings is 1. The summed E-state index contributed by atoms with van der Waals surface area (Å²) < 4.78 is 17.6. The molecule has 23 heavy (non-hydrogen) atoms. The van der Waals surface area contributed by atoms with Crippen LogP contribution in [-0.2, 0) is 14.2 Å². The molecule has 2 aliphatic rings. The number of ether oxygens (including phenoxy) is 3. The summed E-state index contributed by atoms with van der Waals surface area (Å²) in [6, 6.07) is 0. The number of amides is 1. The lowest BCUT2D eigenvalue weighted by atomic mass is 9.93. The monoisotopic (exact) mass is 327 g/mol. The number of carbonyl (C=O) groups is 1. The number of hydrogen-bond acceptors (Lipinski definition) is 4. The Hall–Kier alpha value is -0.810. The zero-order valence-corrected chi connectivity index (χ0v) is 15.6. The van der Waals surface area contributed by atoms with Crippen molar-refractivity contribution in [3.05, 3.63) is 0 Å². The first-order chi connectivity index (χ1) is 10.5. The van der Waals surface area contributed by atoms with E-state index in [-0.39, 0.29) is 23.4 Å². The zero-order chi connectivity index (χ0) is 17.3. The van der Waals surface area contributed by atoms with Crippen molar-refractivity contribution in [1.29, 1.82) is 0 Å². The third-order valence-corrected chi connectivity index (χ3v) is 4.64. The average Bonchev–Trinajstić information content (AvgIpc) is 2.75. The molecule has 1 unspecified atom stereocenters. The van der Waals surface area contributed by atoms with Crippen molar-refractivity contribution in [2.75, 3.05) is 19.7 Å². The van der Waals surface area contributed by atoms with Gasteiger partial charge in [-0.1, -0.05) is 0 Å². The maximum atomic E-state index is 12.1. The van der Waals surface area contributed by atoms with E-state index < -0.39 is 5.60 Å². The molecule has 0 aromatic heterocycles. The average molecular weight is 327 g/mol. The summed E-state index contributed by atoms with van der Waals surface area (Å²) in [5, 5.41) is 0. The molecule has 5 heteroatoms. The van der Waals surface area contributed by atoms with Gasteiger partial charge in [0.25, 0.3) is 0 Å².